The zero-order valence-corrected chi connectivity index (χ0v) is 11.8. The molecule has 2 fully saturated rings. The number of fused-ring (bicyclic) bond motifs is 1. The van der Waals surface area contributed by atoms with E-state index >= 15 is 0 Å². The highest BCUT2D eigenvalue weighted by Gasteiger charge is 2.50. The van der Waals surface area contributed by atoms with Crippen LogP contribution < -0.4 is 5.32 Å². The molecule has 0 aromatic heterocycles. The van der Waals surface area contributed by atoms with Crippen LogP contribution in [-0.4, -0.2) is 6.04 Å². The molecule has 2 N–H and O–H groups in total. The third-order valence-electron chi connectivity index (χ3n) is 5.45. The van der Waals surface area contributed by atoms with Crippen molar-refractivity contribution in [3.63, 3.8) is 0 Å². The molecular weight excluding hydrogens is 206 g/mol. The highest BCUT2D eigenvalue weighted by molar-refractivity contribution is 5.16. The normalized spacial score (nSPS) is 39.5. The van der Waals surface area contributed by atoms with Gasteiger partial charge in [-0.1, -0.05) is 32.9 Å². The van der Waals surface area contributed by atoms with Gasteiger partial charge in [-0.15, -0.1) is 0 Å². The lowest BCUT2D eigenvalue weighted by atomic mass is 9.64. The Morgan fingerprint density at radius 1 is 1.41 bits per heavy atom. The highest BCUT2D eigenvalue weighted by atomic mass is 14.9. The SMILES string of the molecule is C=C1CCC[C@]2(C)CC[C@@H]([C@H]([NH2+][CH2-])C(C)C)[C@H]12. The van der Waals surface area contributed by atoms with Crippen molar-refractivity contribution in [2.45, 2.75) is 58.9 Å². The third kappa shape index (κ3) is 2.19. The minimum absolute atomic E-state index is 0.552. The van der Waals surface area contributed by atoms with Crippen LogP contribution in [0.1, 0.15) is 52.9 Å². The Balaban J connectivity index is 2.22. The van der Waals surface area contributed by atoms with E-state index in [0.717, 1.165) is 17.8 Å². The fourth-order valence-electron chi connectivity index (χ4n) is 4.64. The van der Waals surface area contributed by atoms with E-state index < -0.39 is 0 Å². The molecule has 0 unspecified atom stereocenters. The van der Waals surface area contributed by atoms with Gasteiger partial charge in [0.15, 0.2) is 0 Å². The highest BCUT2D eigenvalue weighted by Crippen LogP contribution is 2.57. The number of quaternary nitrogens is 1. The minimum Gasteiger partial charge on any atom is -0.476 e. The average Bonchev–Trinajstić information content (AvgIpc) is 2.58. The van der Waals surface area contributed by atoms with E-state index in [1.807, 2.05) is 0 Å². The van der Waals surface area contributed by atoms with Crippen molar-refractivity contribution >= 4 is 0 Å². The maximum absolute atomic E-state index is 4.39. The molecule has 0 heterocycles. The molecule has 0 amide bonds. The Hall–Kier alpha value is -0.300. The monoisotopic (exact) mass is 235 g/mol. The van der Waals surface area contributed by atoms with Crippen molar-refractivity contribution in [2.75, 3.05) is 0 Å². The van der Waals surface area contributed by atoms with Gasteiger partial charge in [0.05, 0.1) is 6.04 Å². The maximum atomic E-state index is 4.39. The quantitative estimate of drug-likeness (QED) is 0.572. The lowest BCUT2D eigenvalue weighted by Gasteiger charge is -2.42. The number of nitrogens with two attached hydrogens (primary N) is 1. The smallest absolute Gasteiger partial charge is 0.0677 e. The Kier molecular flexibility index (Phi) is 3.68. The second-order valence-corrected chi connectivity index (χ2v) is 6.90. The lowest BCUT2D eigenvalue weighted by Crippen LogP contribution is -2.87. The topological polar surface area (TPSA) is 16.6 Å². The molecule has 2 aliphatic rings. The summed E-state index contributed by atoms with van der Waals surface area (Å²) in [4.78, 5) is 0. The molecular formula is C16H29N. The molecule has 0 aromatic carbocycles. The predicted octanol–water partition coefficient (Wildman–Crippen LogP) is 3.14. The van der Waals surface area contributed by atoms with E-state index in [1.165, 1.54) is 37.7 Å². The van der Waals surface area contributed by atoms with Crippen LogP contribution in [0.4, 0.5) is 0 Å². The van der Waals surface area contributed by atoms with Gasteiger partial charge in [0.25, 0.3) is 0 Å². The standard InChI is InChI=1S/C16H29N/c1-11(2)15(17-5)13-8-10-16(4)9-6-7-12(3)14(13)16/h11,13-15H,3,5-10,17H2,1-2,4H3/t13-,14+,15-,16-/m1/s1. The molecule has 2 aliphatic carbocycles. The van der Waals surface area contributed by atoms with E-state index in [1.54, 1.807) is 0 Å². The van der Waals surface area contributed by atoms with Crippen LogP contribution in [0.25, 0.3) is 0 Å². The first kappa shape index (κ1) is 13.1. The predicted molar refractivity (Wildman–Crippen MR) is 73.2 cm³/mol. The second kappa shape index (κ2) is 4.76. The molecule has 2 rings (SSSR count). The Bertz CT molecular complexity index is 294. The van der Waals surface area contributed by atoms with Gasteiger partial charge in [0.1, 0.15) is 0 Å². The summed E-state index contributed by atoms with van der Waals surface area (Å²) in [5.74, 6) is 2.29. The van der Waals surface area contributed by atoms with Crippen LogP contribution in [0.5, 0.6) is 0 Å². The molecule has 98 valence electrons. The molecule has 4 atom stereocenters. The van der Waals surface area contributed by atoms with E-state index in [0.29, 0.717) is 11.5 Å². The van der Waals surface area contributed by atoms with Gasteiger partial charge in [-0.2, -0.15) is 7.05 Å². The van der Waals surface area contributed by atoms with Crippen molar-refractivity contribution in [1.29, 1.82) is 0 Å². The summed E-state index contributed by atoms with van der Waals surface area (Å²) in [6.45, 7) is 11.6. The van der Waals surface area contributed by atoms with Crippen LogP contribution >= 0.6 is 0 Å². The molecule has 0 saturated heterocycles. The fraction of sp³-hybridized carbons (Fsp3) is 0.812. The number of hydrogen-bond acceptors (Lipinski definition) is 0. The van der Waals surface area contributed by atoms with Crippen molar-refractivity contribution in [1.82, 2.24) is 0 Å². The van der Waals surface area contributed by atoms with Gasteiger partial charge < -0.3 is 5.32 Å². The molecule has 0 aliphatic heterocycles. The Morgan fingerprint density at radius 3 is 2.71 bits per heavy atom. The zero-order valence-electron chi connectivity index (χ0n) is 11.8. The van der Waals surface area contributed by atoms with E-state index in [-0.39, 0.29) is 0 Å². The van der Waals surface area contributed by atoms with E-state index in [4.69, 9.17) is 0 Å². The van der Waals surface area contributed by atoms with Gasteiger partial charge in [-0.3, -0.25) is 0 Å². The lowest BCUT2D eigenvalue weighted by molar-refractivity contribution is -0.649. The Morgan fingerprint density at radius 2 is 2.12 bits per heavy atom. The Labute approximate surface area is 107 Å². The van der Waals surface area contributed by atoms with E-state index in [2.05, 4.69) is 39.7 Å². The van der Waals surface area contributed by atoms with Crippen molar-refractivity contribution in [3.05, 3.63) is 19.2 Å². The largest absolute Gasteiger partial charge is 0.476 e. The van der Waals surface area contributed by atoms with E-state index in [9.17, 15) is 0 Å². The zero-order chi connectivity index (χ0) is 12.6. The molecule has 2 saturated carbocycles. The molecule has 0 bridgehead atoms. The second-order valence-electron chi connectivity index (χ2n) is 6.90. The molecule has 1 nitrogen and oxygen atoms in total. The average molecular weight is 235 g/mol. The van der Waals surface area contributed by atoms with Crippen LogP contribution in [0, 0.1) is 30.2 Å². The van der Waals surface area contributed by atoms with Crippen molar-refractivity contribution < 1.29 is 5.32 Å². The summed E-state index contributed by atoms with van der Waals surface area (Å²) >= 11 is 0. The van der Waals surface area contributed by atoms with Crippen LogP contribution in [-0.2, 0) is 0 Å². The first-order valence-electron chi connectivity index (χ1n) is 7.30. The van der Waals surface area contributed by atoms with Gasteiger partial charge in [-0.25, -0.2) is 0 Å². The first-order chi connectivity index (χ1) is 7.99. The van der Waals surface area contributed by atoms with Crippen molar-refractivity contribution in [2.24, 2.45) is 23.2 Å². The summed E-state index contributed by atoms with van der Waals surface area (Å²) in [6.07, 6.45) is 6.82. The number of rotatable bonds is 3. The molecule has 0 radical (unpaired) electrons. The summed E-state index contributed by atoms with van der Waals surface area (Å²) in [5, 5.41) is 2.21. The number of allylic oxidation sites excluding steroid dienone is 1. The maximum Gasteiger partial charge on any atom is 0.0677 e. The van der Waals surface area contributed by atoms with Gasteiger partial charge in [-0.05, 0) is 43.4 Å². The van der Waals surface area contributed by atoms with Crippen LogP contribution in [0.15, 0.2) is 12.2 Å². The van der Waals surface area contributed by atoms with Crippen LogP contribution in [0.3, 0.4) is 0 Å². The summed E-state index contributed by atoms with van der Waals surface area (Å²) < 4.78 is 0. The van der Waals surface area contributed by atoms with Gasteiger partial charge >= 0.3 is 0 Å². The summed E-state index contributed by atoms with van der Waals surface area (Å²) in [5.41, 5.74) is 2.09. The minimum atomic E-state index is 0.552. The molecule has 0 spiro atoms. The van der Waals surface area contributed by atoms with Crippen LogP contribution in [0.2, 0.25) is 0 Å². The number of hydrogen-bond donors (Lipinski definition) is 1. The summed E-state index contributed by atoms with van der Waals surface area (Å²) in [7, 11) is 4.08. The third-order valence-corrected chi connectivity index (χ3v) is 5.45. The first-order valence-corrected chi connectivity index (χ1v) is 7.30. The van der Waals surface area contributed by atoms with Gasteiger partial charge in [0.2, 0.25) is 0 Å². The molecule has 0 aromatic rings. The molecule has 17 heavy (non-hydrogen) atoms. The van der Waals surface area contributed by atoms with Crippen molar-refractivity contribution in [3.8, 4) is 0 Å². The summed E-state index contributed by atoms with van der Waals surface area (Å²) in [6, 6.07) is 0.677. The fourth-order valence-corrected chi connectivity index (χ4v) is 4.64. The van der Waals surface area contributed by atoms with Gasteiger partial charge in [0, 0.05) is 11.8 Å². The molecule has 1 heteroatoms.